The molecular formula is C19H14N4O. The molecule has 0 saturated carbocycles. The smallest absolute Gasteiger partial charge is 0.274 e. The number of pyridine rings is 1. The number of carbonyl (C=O) groups excluding carboxylic acids is 1. The normalized spacial score (nSPS) is 10.7. The fraction of sp³-hybridized carbons (Fsp3) is 0. The molecule has 1 N–H and O–H groups in total. The molecule has 0 bridgehead atoms. The standard InChI is InChI=1S/C19H14N4O/c24-19(18-12-20-13-23(18)16-7-2-1-3-8-16)22-15-10-14-6-4-5-9-17(14)21-11-15/h1-13H,(H,22,24). The van der Waals surface area contributed by atoms with Crippen molar-refractivity contribution < 1.29 is 4.79 Å². The summed E-state index contributed by atoms with van der Waals surface area (Å²) in [5.74, 6) is -0.228. The van der Waals surface area contributed by atoms with Crippen LogP contribution in [0.1, 0.15) is 10.5 Å². The van der Waals surface area contributed by atoms with Gasteiger partial charge in [-0.15, -0.1) is 0 Å². The Kier molecular flexibility index (Phi) is 3.51. The minimum atomic E-state index is -0.228. The average Bonchev–Trinajstić information content (AvgIpc) is 3.12. The van der Waals surface area contributed by atoms with Crippen LogP contribution in [0.3, 0.4) is 0 Å². The maximum absolute atomic E-state index is 12.6. The van der Waals surface area contributed by atoms with Crippen LogP contribution in [-0.2, 0) is 0 Å². The Hall–Kier alpha value is -3.47. The van der Waals surface area contributed by atoms with Gasteiger partial charge in [0.1, 0.15) is 5.69 Å². The van der Waals surface area contributed by atoms with Crippen LogP contribution in [0.25, 0.3) is 16.6 Å². The summed E-state index contributed by atoms with van der Waals surface area (Å²) in [6.07, 6.45) is 4.84. The molecular weight excluding hydrogens is 300 g/mol. The number of nitrogens with one attached hydrogen (secondary N) is 1. The molecule has 2 aromatic heterocycles. The van der Waals surface area contributed by atoms with Crippen molar-refractivity contribution in [3.63, 3.8) is 0 Å². The summed E-state index contributed by atoms with van der Waals surface area (Å²) < 4.78 is 1.75. The predicted molar refractivity (Wildman–Crippen MR) is 93.3 cm³/mol. The molecule has 5 nitrogen and oxygen atoms in total. The van der Waals surface area contributed by atoms with Gasteiger partial charge in [0.25, 0.3) is 5.91 Å². The average molecular weight is 314 g/mol. The van der Waals surface area contributed by atoms with E-state index in [9.17, 15) is 4.79 Å². The van der Waals surface area contributed by atoms with E-state index in [1.54, 1.807) is 23.3 Å². The lowest BCUT2D eigenvalue weighted by molar-refractivity contribution is 0.102. The molecule has 1 amide bonds. The number of hydrogen-bond acceptors (Lipinski definition) is 3. The van der Waals surface area contributed by atoms with Crippen LogP contribution in [0.5, 0.6) is 0 Å². The Balaban J connectivity index is 1.64. The number of hydrogen-bond donors (Lipinski definition) is 1. The van der Waals surface area contributed by atoms with Gasteiger partial charge in [0, 0.05) is 11.1 Å². The van der Waals surface area contributed by atoms with Gasteiger partial charge in [0.15, 0.2) is 0 Å². The Morgan fingerprint density at radius 2 is 1.75 bits per heavy atom. The minimum absolute atomic E-state index is 0.228. The van der Waals surface area contributed by atoms with Gasteiger partial charge < -0.3 is 5.32 Å². The lowest BCUT2D eigenvalue weighted by atomic mass is 10.2. The van der Waals surface area contributed by atoms with Crippen LogP contribution in [0.15, 0.2) is 79.4 Å². The summed E-state index contributed by atoms with van der Waals surface area (Å²) in [4.78, 5) is 21.1. The zero-order valence-electron chi connectivity index (χ0n) is 12.8. The molecule has 116 valence electrons. The number of rotatable bonds is 3. The quantitative estimate of drug-likeness (QED) is 0.627. The molecule has 0 saturated heterocycles. The lowest BCUT2D eigenvalue weighted by Crippen LogP contribution is -2.16. The number of amides is 1. The highest BCUT2D eigenvalue weighted by Gasteiger charge is 2.13. The van der Waals surface area contributed by atoms with Crippen molar-refractivity contribution in [3.05, 3.63) is 85.1 Å². The Morgan fingerprint density at radius 1 is 0.958 bits per heavy atom. The van der Waals surface area contributed by atoms with E-state index in [0.29, 0.717) is 11.4 Å². The fourth-order valence-electron chi connectivity index (χ4n) is 2.59. The minimum Gasteiger partial charge on any atom is -0.319 e. The van der Waals surface area contributed by atoms with Gasteiger partial charge in [-0.05, 0) is 24.3 Å². The summed E-state index contributed by atoms with van der Waals surface area (Å²) in [5.41, 5.74) is 2.90. The SMILES string of the molecule is O=C(Nc1cnc2ccccc2c1)c1cncn1-c1ccccc1. The molecule has 0 aliphatic carbocycles. The van der Waals surface area contributed by atoms with Gasteiger partial charge >= 0.3 is 0 Å². The first kappa shape index (κ1) is 14.1. The van der Waals surface area contributed by atoms with Crippen molar-refractivity contribution in [3.8, 4) is 5.69 Å². The van der Waals surface area contributed by atoms with Gasteiger partial charge in [-0.2, -0.15) is 0 Å². The highest BCUT2D eigenvalue weighted by molar-refractivity contribution is 6.04. The van der Waals surface area contributed by atoms with Crippen molar-refractivity contribution in [1.29, 1.82) is 0 Å². The van der Waals surface area contributed by atoms with Gasteiger partial charge in [-0.25, -0.2) is 4.98 Å². The van der Waals surface area contributed by atoms with E-state index < -0.39 is 0 Å². The predicted octanol–water partition coefficient (Wildman–Crippen LogP) is 3.67. The van der Waals surface area contributed by atoms with Crippen LogP contribution in [-0.4, -0.2) is 20.4 Å². The van der Waals surface area contributed by atoms with Gasteiger partial charge in [0.05, 0.1) is 29.9 Å². The molecule has 4 aromatic rings. The molecule has 0 fully saturated rings. The number of benzene rings is 2. The molecule has 5 heteroatoms. The Labute approximate surface area is 138 Å². The van der Waals surface area contributed by atoms with Crippen LogP contribution in [0.2, 0.25) is 0 Å². The summed E-state index contributed by atoms with van der Waals surface area (Å²) in [6.45, 7) is 0. The second kappa shape index (κ2) is 5.96. The van der Waals surface area contributed by atoms with E-state index >= 15 is 0 Å². The number of aromatic nitrogens is 3. The molecule has 24 heavy (non-hydrogen) atoms. The summed E-state index contributed by atoms with van der Waals surface area (Å²) in [5, 5.41) is 3.86. The number of nitrogens with zero attached hydrogens (tertiary/aromatic N) is 3. The van der Waals surface area contributed by atoms with Crippen LogP contribution >= 0.6 is 0 Å². The van der Waals surface area contributed by atoms with Crippen molar-refractivity contribution in [2.24, 2.45) is 0 Å². The first-order chi connectivity index (χ1) is 11.8. The van der Waals surface area contributed by atoms with E-state index in [-0.39, 0.29) is 5.91 Å². The highest BCUT2D eigenvalue weighted by Crippen LogP contribution is 2.17. The first-order valence-corrected chi connectivity index (χ1v) is 7.55. The summed E-state index contributed by atoms with van der Waals surface area (Å²) in [6, 6.07) is 19.3. The number of para-hydroxylation sites is 2. The summed E-state index contributed by atoms with van der Waals surface area (Å²) in [7, 11) is 0. The molecule has 0 aliphatic rings. The molecule has 0 unspecified atom stereocenters. The maximum atomic E-state index is 12.6. The Bertz CT molecular complexity index is 1010. The van der Waals surface area contributed by atoms with E-state index in [1.807, 2.05) is 60.7 Å². The van der Waals surface area contributed by atoms with Crippen LogP contribution in [0.4, 0.5) is 5.69 Å². The second-order valence-electron chi connectivity index (χ2n) is 5.36. The van der Waals surface area contributed by atoms with E-state index in [0.717, 1.165) is 16.6 Å². The third kappa shape index (κ3) is 2.63. The van der Waals surface area contributed by atoms with Gasteiger partial charge in [0.2, 0.25) is 0 Å². The summed E-state index contributed by atoms with van der Waals surface area (Å²) >= 11 is 0. The largest absolute Gasteiger partial charge is 0.319 e. The van der Waals surface area contributed by atoms with E-state index in [4.69, 9.17) is 0 Å². The van der Waals surface area contributed by atoms with Crippen LogP contribution in [0, 0.1) is 0 Å². The monoisotopic (exact) mass is 314 g/mol. The maximum Gasteiger partial charge on any atom is 0.274 e. The first-order valence-electron chi connectivity index (χ1n) is 7.55. The van der Waals surface area contributed by atoms with Crippen molar-refractivity contribution in [2.45, 2.75) is 0 Å². The number of anilines is 1. The zero-order chi connectivity index (χ0) is 16.4. The lowest BCUT2D eigenvalue weighted by Gasteiger charge is -2.09. The molecule has 0 aliphatic heterocycles. The third-order valence-electron chi connectivity index (χ3n) is 3.75. The molecule has 4 rings (SSSR count). The van der Waals surface area contributed by atoms with Gasteiger partial charge in [-0.3, -0.25) is 14.3 Å². The fourth-order valence-corrected chi connectivity index (χ4v) is 2.59. The van der Waals surface area contributed by atoms with E-state index in [1.165, 1.54) is 0 Å². The molecule has 0 atom stereocenters. The van der Waals surface area contributed by atoms with E-state index in [2.05, 4.69) is 15.3 Å². The van der Waals surface area contributed by atoms with Crippen molar-refractivity contribution >= 4 is 22.5 Å². The molecule has 2 heterocycles. The molecule has 0 radical (unpaired) electrons. The van der Waals surface area contributed by atoms with Crippen molar-refractivity contribution in [1.82, 2.24) is 14.5 Å². The number of fused-ring (bicyclic) bond motifs is 1. The van der Waals surface area contributed by atoms with Crippen LogP contribution < -0.4 is 5.32 Å². The van der Waals surface area contributed by atoms with Gasteiger partial charge in [-0.1, -0.05) is 36.4 Å². The topological polar surface area (TPSA) is 59.8 Å². The zero-order valence-corrected chi connectivity index (χ0v) is 12.8. The highest BCUT2D eigenvalue weighted by atomic mass is 16.2. The second-order valence-corrected chi connectivity index (χ2v) is 5.36. The van der Waals surface area contributed by atoms with Crippen molar-refractivity contribution in [2.75, 3.05) is 5.32 Å². The number of imidazole rings is 1. The third-order valence-corrected chi connectivity index (χ3v) is 3.75. The Morgan fingerprint density at radius 3 is 2.62 bits per heavy atom. The number of carbonyl (C=O) groups is 1. The molecule has 2 aromatic carbocycles. The molecule has 0 spiro atoms.